The lowest BCUT2D eigenvalue weighted by Gasteiger charge is -1.90. The van der Waals surface area contributed by atoms with Gasteiger partial charge in [-0.05, 0) is 18.1 Å². The number of esters is 1. The van der Waals surface area contributed by atoms with Crippen LogP contribution in [0.1, 0.15) is 22.7 Å². The molecule has 0 aliphatic carbocycles. The Morgan fingerprint density at radius 2 is 2.27 bits per heavy atom. The van der Waals surface area contributed by atoms with Gasteiger partial charge in [-0.2, -0.15) is 0 Å². The van der Waals surface area contributed by atoms with E-state index in [4.69, 9.17) is 9.52 Å². The number of carboxylic acid groups (broad SMARTS) is 1. The van der Waals surface area contributed by atoms with E-state index in [2.05, 4.69) is 16.6 Å². The number of furan rings is 1. The zero-order chi connectivity index (χ0) is 11.3. The van der Waals surface area contributed by atoms with Crippen LogP contribution >= 0.6 is 0 Å². The number of carbonyl (C=O) groups is 2. The first kappa shape index (κ1) is 10.9. The molecule has 1 rings (SSSR count). The number of carbonyl (C=O) groups excluding carboxylic acids is 1. The van der Waals surface area contributed by atoms with Crippen molar-refractivity contribution < 1.29 is 23.8 Å². The number of hydrogen-bond donors (Lipinski definition) is 1. The van der Waals surface area contributed by atoms with Gasteiger partial charge < -0.3 is 14.3 Å². The fourth-order valence-corrected chi connectivity index (χ4v) is 0.822. The number of carboxylic acids is 1. The molecule has 1 aromatic rings. The van der Waals surface area contributed by atoms with Gasteiger partial charge in [-0.1, -0.05) is 5.92 Å². The Hall–Kier alpha value is -2.22. The quantitative estimate of drug-likeness (QED) is 0.577. The molecule has 0 aromatic carbocycles. The van der Waals surface area contributed by atoms with Crippen molar-refractivity contribution in [2.24, 2.45) is 0 Å². The molecule has 5 heteroatoms. The minimum atomic E-state index is -1.01. The van der Waals surface area contributed by atoms with Crippen LogP contribution in [0.15, 0.2) is 16.5 Å². The summed E-state index contributed by atoms with van der Waals surface area (Å²) >= 11 is 0. The molecular formula is C10H8O5. The zero-order valence-corrected chi connectivity index (χ0v) is 7.94. The highest BCUT2D eigenvalue weighted by Gasteiger charge is 2.09. The number of ether oxygens (including phenoxy) is 1. The highest BCUT2D eigenvalue weighted by atomic mass is 16.5. The lowest BCUT2D eigenvalue weighted by molar-refractivity contribution is -0.135. The van der Waals surface area contributed by atoms with Crippen molar-refractivity contribution in [3.8, 4) is 11.8 Å². The number of hydrogen-bond acceptors (Lipinski definition) is 4. The van der Waals surface area contributed by atoms with Gasteiger partial charge in [-0.3, -0.25) is 4.79 Å². The van der Waals surface area contributed by atoms with Crippen LogP contribution in [0.3, 0.4) is 0 Å². The fourth-order valence-electron chi connectivity index (χ4n) is 0.822. The van der Waals surface area contributed by atoms with Gasteiger partial charge >= 0.3 is 11.9 Å². The Morgan fingerprint density at radius 1 is 1.53 bits per heavy atom. The Kier molecular flexibility index (Phi) is 3.52. The molecule has 0 saturated carbocycles. The van der Waals surface area contributed by atoms with E-state index in [1.807, 2.05) is 0 Å². The van der Waals surface area contributed by atoms with E-state index in [1.54, 1.807) is 0 Å². The minimum absolute atomic E-state index is 0.0390. The van der Waals surface area contributed by atoms with Crippen molar-refractivity contribution >= 4 is 11.9 Å². The number of rotatable bonds is 2. The lowest BCUT2D eigenvalue weighted by atomic mass is 10.4. The van der Waals surface area contributed by atoms with E-state index in [0.29, 0.717) is 0 Å². The van der Waals surface area contributed by atoms with Crippen LogP contribution < -0.4 is 0 Å². The van der Waals surface area contributed by atoms with E-state index in [1.165, 1.54) is 19.2 Å². The third-order valence-corrected chi connectivity index (χ3v) is 1.44. The van der Waals surface area contributed by atoms with Gasteiger partial charge in [0.25, 0.3) is 0 Å². The van der Waals surface area contributed by atoms with Crippen LogP contribution in [-0.2, 0) is 9.53 Å². The SMILES string of the molecule is COC(=O)c1ccc(C#CCC(=O)O)o1. The average Bonchev–Trinajstić information content (AvgIpc) is 2.65. The molecule has 1 N–H and O–H groups in total. The molecule has 0 saturated heterocycles. The van der Waals surface area contributed by atoms with Gasteiger partial charge in [0.1, 0.15) is 6.42 Å². The molecule has 1 aromatic heterocycles. The first-order valence-corrected chi connectivity index (χ1v) is 4.02. The van der Waals surface area contributed by atoms with Crippen LogP contribution in [0.5, 0.6) is 0 Å². The molecule has 0 bridgehead atoms. The summed E-state index contributed by atoms with van der Waals surface area (Å²) in [6.07, 6.45) is -0.270. The maximum atomic E-state index is 11.0. The molecule has 0 aliphatic rings. The molecule has 15 heavy (non-hydrogen) atoms. The largest absolute Gasteiger partial charge is 0.481 e. The van der Waals surface area contributed by atoms with Gasteiger partial charge in [0, 0.05) is 0 Å². The summed E-state index contributed by atoms with van der Waals surface area (Å²) in [5.74, 6) is 3.51. The Morgan fingerprint density at radius 3 is 2.87 bits per heavy atom. The Bertz CT molecular complexity index is 432. The predicted molar refractivity (Wildman–Crippen MR) is 49.2 cm³/mol. The van der Waals surface area contributed by atoms with Gasteiger partial charge in [0.15, 0.2) is 5.76 Å². The van der Waals surface area contributed by atoms with E-state index >= 15 is 0 Å². The summed E-state index contributed by atoms with van der Waals surface area (Å²) in [7, 11) is 1.24. The topological polar surface area (TPSA) is 76.7 Å². The third-order valence-electron chi connectivity index (χ3n) is 1.44. The maximum absolute atomic E-state index is 11.0. The van der Waals surface area contributed by atoms with Gasteiger partial charge in [0.2, 0.25) is 5.76 Å². The van der Waals surface area contributed by atoms with E-state index in [0.717, 1.165) is 0 Å². The van der Waals surface area contributed by atoms with Gasteiger partial charge in [-0.15, -0.1) is 0 Å². The monoisotopic (exact) mass is 208 g/mol. The normalized spacial score (nSPS) is 8.87. The molecule has 0 fully saturated rings. The van der Waals surface area contributed by atoms with Crippen LogP contribution in [0.25, 0.3) is 0 Å². The third kappa shape index (κ3) is 3.19. The van der Waals surface area contributed by atoms with Crippen molar-refractivity contribution in [2.75, 3.05) is 7.11 Å². The highest BCUT2D eigenvalue weighted by Crippen LogP contribution is 2.07. The standard InChI is InChI=1S/C10H8O5/c1-14-10(13)8-6-5-7(15-8)3-2-4-9(11)12/h5-6H,4H2,1H3,(H,11,12). The molecule has 0 spiro atoms. The smallest absolute Gasteiger partial charge is 0.374 e. The summed E-state index contributed by atoms with van der Waals surface area (Å²) < 4.78 is 9.39. The van der Waals surface area contributed by atoms with Crippen molar-refractivity contribution in [1.29, 1.82) is 0 Å². The molecule has 1 heterocycles. The molecule has 0 aliphatic heterocycles. The molecule has 0 amide bonds. The van der Waals surface area contributed by atoms with E-state index < -0.39 is 11.9 Å². The van der Waals surface area contributed by atoms with E-state index in [9.17, 15) is 9.59 Å². The number of methoxy groups -OCH3 is 1. The van der Waals surface area contributed by atoms with Crippen LogP contribution in [0.4, 0.5) is 0 Å². The van der Waals surface area contributed by atoms with Crippen LogP contribution in [0.2, 0.25) is 0 Å². The minimum Gasteiger partial charge on any atom is -0.481 e. The van der Waals surface area contributed by atoms with Gasteiger partial charge in [0.05, 0.1) is 7.11 Å². The predicted octanol–water partition coefficient (Wildman–Crippen LogP) is 0.892. The van der Waals surface area contributed by atoms with Crippen molar-refractivity contribution in [3.05, 3.63) is 23.7 Å². The molecule has 0 unspecified atom stereocenters. The van der Waals surface area contributed by atoms with Gasteiger partial charge in [-0.25, -0.2) is 4.79 Å². The van der Waals surface area contributed by atoms with Crippen LogP contribution in [-0.4, -0.2) is 24.2 Å². The van der Waals surface area contributed by atoms with Crippen molar-refractivity contribution in [2.45, 2.75) is 6.42 Å². The zero-order valence-electron chi connectivity index (χ0n) is 7.94. The highest BCUT2D eigenvalue weighted by molar-refractivity contribution is 5.86. The summed E-state index contributed by atoms with van der Waals surface area (Å²) in [6.45, 7) is 0. The maximum Gasteiger partial charge on any atom is 0.374 e. The summed E-state index contributed by atoms with van der Waals surface area (Å²) in [5, 5.41) is 8.32. The summed E-state index contributed by atoms with van der Waals surface area (Å²) in [4.78, 5) is 21.1. The molecule has 5 nitrogen and oxygen atoms in total. The summed E-state index contributed by atoms with van der Waals surface area (Å²) in [6, 6.07) is 2.89. The lowest BCUT2D eigenvalue weighted by Crippen LogP contribution is -1.98. The summed E-state index contributed by atoms with van der Waals surface area (Å²) in [5.41, 5.74) is 0. The first-order valence-electron chi connectivity index (χ1n) is 4.02. The van der Waals surface area contributed by atoms with Crippen molar-refractivity contribution in [1.82, 2.24) is 0 Å². The van der Waals surface area contributed by atoms with Crippen LogP contribution in [0, 0.1) is 11.8 Å². The second-order valence-corrected chi connectivity index (χ2v) is 2.53. The molecule has 78 valence electrons. The van der Waals surface area contributed by atoms with E-state index in [-0.39, 0.29) is 17.9 Å². The number of aliphatic carboxylic acids is 1. The first-order chi connectivity index (χ1) is 7.13. The molecular weight excluding hydrogens is 200 g/mol. The fraction of sp³-hybridized carbons (Fsp3) is 0.200. The molecule has 0 radical (unpaired) electrons. The second-order valence-electron chi connectivity index (χ2n) is 2.53. The average molecular weight is 208 g/mol. The Balaban J connectivity index is 2.71. The molecule has 0 atom stereocenters. The second kappa shape index (κ2) is 4.86. The van der Waals surface area contributed by atoms with Crippen molar-refractivity contribution in [3.63, 3.8) is 0 Å². The Labute approximate surface area is 85.6 Å².